The maximum atomic E-state index is 12.5. The molecule has 0 unspecified atom stereocenters. The number of aryl methyl sites for hydroxylation is 2. The van der Waals surface area contributed by atoms with Crippen LogP contribution in [0.3, 0.4) is 0 Å². The fourth-order valence-corrected chi connectivity index (χ4v) is 4.62. The molecule has 158 valence electrons. The molecule has 3 aromatic rings. The molecule has 4 heterocycles. The van der Waals surface area contributed by atoms with Gasteiger partial charge >= 0.3 is 0 Å². The molecular formula is C19H21N5O4S2. The topological polar surface area (TPSA) is 110 Å². The van der Waals surface area contributed by atoms with E-state index >= 15 is 0 Å². The van der Waals surface area contributed by atoms with Crippen LogP contribution in [0.2, 0.25) is 0 Å². The fourth-order valence-electron chi connectivity index (χ4n) is 2.96. The third-order valence-corrected chi connectivity index (χ3v) is 6.62. The Morgan fingerprint density at radius 2 is 2.00 bits per heavy atom. The quantitative estimate of drug-likeness (QED) is 0.578. The van der Waals surface area contributed by atoms with E-state index in [9.17, 15) is 9.59 Å². The van der Waals surface area contributed by atoms with Gasteiger partial charge < -0.3 is 14.1 Å². The second kappa shape index (κ2) is 8.94. The second-order valence-corrected chi connectivity index (χ2v) is 8.61. The van der Waals surface area contributed by atoms with Crippen LogP contribution < -0.4 is 15.8 Å². The minimum absolute atomic E-state index is 0.00168. The molecule has 30 heavy (non-hydrogen) atoms. The van der Waals surface area contributed by atoms with Gasteiger partial charge in [0.25, 0.3) is 5.91 Å². The zero-order valence-corrected chi connectivity index (χ0v) is 18.2. The zero-order chi connectivity index (χ0) is 21.1. The van der Waals surface area contributed by atoms with E-state index in [1.165, 1.54) is 22.7 Å². The molecule has 4 rings (SSSR count). The maximum Gasteiger partial charge on any atom is 0.281 e. The van der Waals surface area contributed by atoms with Gasteiger partial charge in [0.15, 0.2) is 5.13 Å². The van der Waals surface area contributed by atoms with Gasteiger partial charge in [0.2, 0.25) is 11.8 Å². The van der Waals surface area contributed by atoms with Crippen molar-refractivity contribution in [1.82, 2.24) is 20.8 Å². The molecule has 3 aromatic heterocycles. The van der Waals surface area contributed by atoms with Gasteiger partial charge in [0.1, 0.15) is 10.6 Å². The summed E-state index contributed by atoms with van der Waals surface area (Å²) in [6.07, 6.45) is 0.00168. The zero-order valence-electron chi connectivity index (χ0n) is 16.6. The number of morpholine rings is 1. The van der Waals surface area contributed by atoms with Crippen molar-refractivity contribution >= 4 is 39.6 Å². The molecular weight excluding hydrogens is 426 g/mol. The normalized spacial score (nSPS) is 14.0. The van der Waals surface area contributed by atoms with Crippen molar-refractivity contribution in [1.29, 1.82) is 0 Å². The van der Waals surface area contributed by atoms with Gasteiger partial charge in [0, 0.05) is 13.1 Å². The van der Waals surface area contributed by atoms with Crippen LogP contribution in [0.15, 0.2) is 21.9 Å². The van der Waals surface area contributed by atoms with Gasteiger partial charge in [-0.3, -0.25) is 20.4 Å². The molecule has 11 heteroatoms. The Bertz CT molecular complexity index is 1040. The van der Waals surface area contributed by atoms with Crippen molar-refractivity contribution in [3.05, 3.63) is 39.5 Å². The molecule has 0 spiro atoms. The predicted molar refractivity (Wildman–Crippen MR) is 114 cm³/mol. The van der Waals surface area contributed by atoms with Crippen LogP contribution in [-0.4, -0.2) is 48.1 Å². The molecule has 0 aliphatic carbocycles. The summed E-state index contributed by atoms with van der Waals surface area (Å²) in [6.45, 7) is 6.32. The Labute approximate surface area is 181 Å². The third-order valence-electron chi connectivity index (χ3n) is 4.54. The van der Waals surface area contributed by atoms with Crippen LogP contribution in [-0.2, 0) is 16.0 Å². The van der Waals surface area contributed by atoms with Crippen molar-refractivity contribution in [3.63, 3.8) is 0 Å². The number of nitrogens with zero attached hydrogens (tertiary/aromatic N) is 3. The number of hydrazine groups is 1. The van der Waals surface area contributed by atoms with E-state index in [0.29, 0.717) is 41.1 Å². The standard InChI is InChI=1S/C19H21N5O4S2/c1-11-16(30-19(20-11)24-5-7-27-8-6-24)17(26)23-22-15(25)10-13-12(2)28-18(21-13)14-4-3-9-29-14/h3-4,9H,5-8,10H2,1-2H3,(H,22,25)(H,23,26). The van der Waals surface area contributed by atoms with E-state index in [4.69, 9.17) is 9.15 Å². The number of hydrogen-bond donors (Lipinski definition) is 2. The highest BCUT2D eigenvalue weighted by atomic mass is 32.1. The number of aromatic nitrogens is 2. The number of rotatable bonds is 5. The number of thiophene rings is 1. The van der Waals surface area contributed by atoms with Gasteiger partial charge in [-0.05, 0) is 25.3 Å². The smallest absolute Gasteiger partial charge is 0.281 e. The average molecular weight is 448 g/mol. The van der Waals surface area contributed by atoms with E-state index in [1.54, 1.807) is 13.8 Å². The first-order valence-corrected chi connectivity index (χ1v) is 11.1. The van der Waals surface area contributed by atoms with E-state index in [-0.39, 0.29) is 12.3 Å². The van der Waals surface area contributed by atoms with Crippen LogP contribution in [0.5, 0.6) is 0 Å². The summed E-state index contributed by atoms with van der Waals surface area (Å²) in [7, 11) is 0. The minimum Gasteiger partial charge on any atom is -0.440 e. The van der Waals surface area contributed by atoms with Gasteiger partial charge in [-0.2, -0.15) is 0 Å². The lowest BCUT2D eigenvalue weighted by molar-refractivity contribution is -0.121. The number of thiazole rings is 1. The maximum absolute atomic E-state index is 12.5. The Kier molecular flexibility index (Phi) is 6.11. The molecule has 1 aliphatic heterocycles. The van der Waals surface area contributed by atoms with Crippen molar-refractivity contribution in [2.75, 3.05) is 31.2 Å². The number of carbonyl (C=O) groups excluding carboxylic acids is 2. The molecule has 0 aromatic carbocycles. The average Bonchev–Trinajstić information content (AvgIpc) is 3.48. The third kappa shape index (κ3) is 4.53. The van der Waals surface area contributed by atoms with E-state index < -0.39 is 5.91 Å². The fraction of sp³-hybridized carbons (Fsp3) is 0.368. The molecule has 0 saturated carbocycles. The van der Waals surface area contributed by atoms with E-state index in [0.717, 1.165) is 23.1 Å². The Hall–Kier alpha value is -2.76. The van der Waals surface area contributed by atoms with Crippen LogP contribution in [0.25, 0.3) is 10.8 Å². The Morgan fingerprint density at radius 3 is 2.73 bits per heavy atom. The van der Waals surface area contributed by atoms with Gasteiger partial charge in [-0.1, -0.05) is 17.4 Å². The Morgan fingerprint density at radius 1 is 1.20 bits per heavy atom. The first-order valence-electron chi connectivity index (χ1n) is 9.40. The van der Waals surface area contributed by atoms with Crippen molar-refractivity contribution in [2.45, 2.75) is 20.3 Å². The number of hydrogen-bond acceptors (Lipinski definition) is 9. The van der Waals surface area contributed by atoms with E-state index in [1.807, 2.05) is 17.5 Å². The van der Waals surface area contributed by atoms with Crippen LogP contribution in [0.1, 0.15) is 26.8 Å². The molecule has 9 nitrogen and oxygen atoms in total. The number of nitrogens with one attached hydrogen (secondary N) is 2. The summed E-state index contributed by atoms with van der Waals surface area (Å²) in [4.78, 5) is 37.1. The lowest BCUT2D eigenvalue weighted by atomic mass is 10.2. The summed E-state index contributed by atoms with van der Waals surface area (Å²) in [6, 6.07) is 3.82. The highest BCUT2D eigenvalue weighted by Crippen LogP contribution is 2.27. The number of amides is 2. The second-order valence-electron chi connectivity index (χ2n) is 6.69. The molecule has 1 fully saturated rings. The first-order chi connectivity index (χ1) is 14.5. The monoisotopic (exact) mass is 447 g/mol. The Balaban J connectivity index is 1.34. The van der Waals surface area contributed by atoms with Gasteiger partial charge in [-0.25, -0.2) is 9.97 Å². The summed E-state index contributed by atoms with van der Waals surface area (Å²) in [5, 5.41) is 2.72. The van der Waals surface area contributed by atoms with Crippen LogP contribution in [0, 0.1) is 13.8 Å². The highest BCUT2D eigenvalue weighted by molar-refractivity contribution is 7.17. The number of carbonyl (C=O) groups is 2. The molecule has 1 aliphatic rings. The number of oxazole rings is 1. The molecule has 2 N–H and O–H groups in total. The molecule has 0 radical (unpaired) electrons. The molecule has 1 saturated heterocycles. The predicted octanol–water partition coefficient (Wildman–Crippen LogP) is 2.32. The van der Waals surface area contributed by atoms with Gasteiger partial charge in [-0.15, -0.1) is 11.3 Å². The van der Waals surface area contributed by atoms with Crippen molar-refractivity contribution in [3.8, 4) is 10.8 Å². The van der Waals surface area contributed by atoms with Crippen LogP contribution in [0.4, 0.5) is 5.13 Å². The summed E-state index contributed by atoms with van der Waals surface area (Å²) >= 11 is 2.82. The summed E-state index contributed by atoms with van der Waals surface area (Å²) in [5.74, 6) is 0.292. The first kappa shape index (κ1) is 20.5. The van der Waals surface area contributed by atoms with Crippen LogP contribution >= 0.6 is 22.7 Å². The molecule has 0 atom stereocenters. The number of ether oxygens (including phenoxy) is 1. The lowest BCUT2D eigenvalue weighted by Crippen LogP contribution is -2.42. The van der Waals surface area contributed by atoms with Crippen molar-refractivity contribution in [2.24, 2.45) is 0 Å². The van der Waals surface area contributed by atoms with Gasteiger partial charge in [0.05, 0.1) is 35.9 Å². The number of anilines is 1. The molecule has 2 amide bonds. The lowest BCUT2D eigenvalue weighted by Gasteiger charge is -2.25. The largest absolute Gasteiger partial charge is 0.440 e. The summed E-state index contributed by atoms with van der Waals surface area (Å²) < 4.78 is 11.0. The summed E-state index contributed by atoms with van der Waals surface area (Å²) in [5.41, 5.74) is 6.07. The molecule has 0 bridgehead atoms. The SMILES string of the molecule is Cc1nc(N2CCOCC2)sc1C(=O)NNC(=O)Cc1nc(-c2cccs2)oc1C. The minimum atomic E-state index is -0.394. The van der Waals surface area contributed by atoms with E-state index in [2.05, 4.69) is 25.7 Å². The van der Waals surface area contributed by atoms with Crippen molar-refractivity contribution < 1.29 is 18.7 Å². The highest BCUT2D eigenvalue weighted by Gasteiger charge is 2.21.